The van der Waals surface area contributed by atoms with E-state index in [1.165, 1.54) is 13.8 Å². The first-order valence-electron chi connectivity index (χ1n) is 4.85. The average Bonchev–Trinajstić information content (AvgIpc) is 2.16. The first kappa shape index (κ1) is 11.4. The number of carbonyl (C=O) groups excluding carboxylic acids is 2. The second-order valence-electron chi connectivity index (χ2n) is 3.61. The number of hydrogen-bond acceptors (Lipinski definition) is 2. The second kappa shape index (κ2) is 4.73. The van der Waals surface area contributed by atoms with Gasteiger partial charge in [-0.05, 0) is 31.0 Å². The number of aryl methyl sites for hydroxylation is 1. The van der Waals surface area contributed by atoms with E-state index in [1.54, 1.807) is 6.07 Å². The van der Waals surface area contributed by atoms with Gasteiger partial charge in [0.25, 0.3) is 0 Å². The van der Waals surface area contributed by atoms with E-state index < -0.39 is 0 Å². The number of Topliss-reactive ketones (excluding diaryl/α,β-unsaturated/α-hetero) is 1. The lowest BCUT2D eigenvalue weighted by molar-refractivity contribution is -0.119. The third-order valence-corrected chi connectivity index (χ3v) is 2.28. The molecule has 1 aromatic carbocycles. The van der Waals surface area contributed by atoms with Gasteiger partial charge in [-0.1, -0.05) is 12.1 Å². The van der Waals surface area contributed by atoms with Gasteiger partial charge < -0.3 is 5.32 Å². The fourth-order valence-electron chi connectivity index (χ4n) is 1.30. The van der Waals surface area contributed by atoms with Crippen LogP contribution < -0.4 is 5.32 Å². The molecule has 1 rings (SSSR count). The zero-order chi connectivity index (χ0) is 11.4. The highest BCUT2D eigenvalue weighted by atomic mass is 16.1. The van der Waals surface area contributed by atoms with Crippen LogP contribution in [-0.4, -0.2) is 11.7 Å². The Morgan fingerprint density at radius 2 is 1.93 bits per heavy atom. The summed E-state index contributed by atoms with van der Waals surface area (Å²) < 4.78 is 0. The number of carbonyl (C=O) groups is 2. The standard InChI is InChI=1S/C12H15NO2/c1-8-4-5-11(9(2)14)6-12(8)7-13-10(3)15/h4-6H,7H2,1-3H3,(H,13,15). The lowest BCUT2D eigenvalue weighted by atomic mass is 10.0. The Kier molecular flexibility index (Phi) is 3.61. The van der Waals surface area contributed by atoms with E-state index in [4.69, 9.17) is 0 Å². The van der Waals surface area contributed by atoms with Crippen molar-refractivity contribution in [1.82, 2.24) is 5.32 Å². The van der Waals surface area contributed by atoms with Crippen molar-refractivity contribution < 1.29 is 9.59 Å². The van der Waals surface area contributed by atoms with E-state index >= 15 is 0 Å². The van der Waals surface area contributed by atoms with Crippen molar-refractivity contribution in [2.75, 3.05) is 0 Å². The van der Waals surface area contributed by atoms with Gasteiger partial charge in [-0.25, -0.2) is 0 Å². The first-order valence-corrected chi connectivity index (χ1v) is 4.85. The number of nitrogens with one attached hydrogen (secondary N) is 1. The summed E-state index contributed by atoms with van der Waals surface area (Å²) in [7, 11) is 0. The van der Waals surface area contributed by atoms with E-state index in [0.717, 1.165) is 11.1 Å². The van der Waals surface area contributed by atoms with Crippen molar-refractivity contribution in [3.63, 3.8) is 0 Å². The molecule has 0 fully saturated rings. The van der Waals surface area contributed by atoms with Crippen molar-refractivity contribution in [2.45, 2.75) is 27.3 Å². The zero-order valence-corrected chi connectivity index (χ0v) is 9.26. The van der Waals surface area contributed by atoms with Crippen LogP contribution in [0.3, 0.4) is 0 Å². The molecule has 0 atom stereocenters. The lowest BCUT2D eigenvalue weighted by Crippen LogP contribution is -2.19. The van der Waals surface area contributed by atoms with Crippen LogP contribution in [0.5, 0.6) is 0 Å². The Morgan fingerprint density at radius 3 is 2.47 bits per heavy atom. The first-order chi connectivity index (χ1) is 7.00. The van der Waals surface area contributed by atoms with Crippen LogP contribution in [0.15, 0.2) is 18.2 Å². The third-order valence-electron chi connectivity index (χ3n) is 2.28. The summed E-state index contributed by atoms with van der Waals surface area (Å²) in [6.45, 7) is 5.44. The van der Waals surface area contributed by atoms with Crippen LogP contribution in [0.25, 0.3) is 0 Å². The van der Waals surface area contributed by atoms with E-state index in [9.17, 15) is 9.59 Å². The fraction of sp³-hybridized carbons (Fsp3) is 0.333. The number of rotatable bonds is 3. The molecule has 0 saturated carbocycles. The summed E-state index contributed by atoms with van der Waals surface area (Å²) in [5, 5.41) is 2.72. The molecule has 15 heavy (non-hydrogen) atoms. The quantitative estimate of drug-likeness (QED) is 0.765. The van der Waals surface area contributed by atoms with Crippen molar-refractivity contribution in [3.05, 3.63) is 34.9 Å². The maximum absolute atomic E-state index is 11.2. The van der Waals surface area contributed by atoms with Gasteiger partial charge in [0.05, 0.1) is 0 Å². The van der Waals surface area contributed by atoms with Gasteiger partial charge in [-0.15, -0.1) is 0 Å². The molecule has 3 nitrogen and oxygen atoms in total. The Hall–Kier alpha value is -1.64. The third kappa shape index (κ3) is 3.20. The van der Waals surface area contributed by atoms with E-state index in [-0.39, 0.29) is 11.7 Å². The minimum atomic E-state index is -0.0670. The van der Waals surface area contributed by atoms with E-state index in [2.05, 4.69) is 5.32 Å². The fourth-order valence-corrected chi connectivity index (χ4v) is 1.30. The monoisotopic (exact) mass is 205 g/mol. The van der Waals surface area contributed by atoms with Crippen molar-refractivity contribution in [3.8, 4) is 0 Å². The van der Waals surface area contributed by atoms with Crippen LogP contribution in [0.2, 0.25) is 0 Å². The van der Waals surface area contributed by atoms with Gasteiger partial charge >= 0.3 is 0 Å². The summed E-state index contributed by atoms with van der Waals surface area (Å²) in [6, 6.07) is 5.52. The molecule has 0 unspecified atom stereocenters. The Labute approximate surface area is 89.5 Å². The van der Waals surface area contributed by atoms with E-state index in [0.29, 0.717) is 12.1 Å². The Balaban J connectivity index is 2.90. The lowest BCUT2D eigenvalue weighted by Gasteiger charge is -2.07. The summed E-state index contributed by atoms with van der Waals surface area (Å²) in [6.07, 6.45) is 0. The van der Waals surface area contributed by atoms with Gasteiger partial charge in [0.2, 0.25) is 5.91 Å². The van der Waals surface area contributed by atoms with Crippen LogP contribution in [0.1, 0.15) is 35.3 Å². The highest BCUT2D eigenvalue weighted by Crippen LogP contribution is 2.11. The topological polar surface area (TPSA) is 46.2 Å². The molecular formula is C12H15NO2. The summed E-state index contributed by atoms with van der Waals surface area (Å²) >= 11 is 0. The molecule has 0 aliphatic carbocycles. The van der Waals surface area contributed by atoms with E-state index in [1.807, 2.05) is 19.1 Å². The molecular weight excluding hydrogens is 190 g/mol. The molecule has 1 aromatic rings. The minimum absolute atomic E-state index is 0.0408. The van der Waals surface area contributed by atoms with Crippen LogP contribution in [0.4, 0.5) is 0 Å². The van der Waals surface area contributed by atoms with Gasteiger partial charge in [-0.2, -0.15) is 0 Å². The Bertz CT molecular complexity index is 397. The maximum atomic E-state index is 11.2. The molecule has 0 aliphatic rings. The second-order valence-corrected chi connectivity index (χ2v) is 3.61. The molecule has 0 heterocycles. The van der Waals surface area contributed by atoms with Gasteiger partial charge in [-0.3, -0.25) is 9.59 Å². The largest absolute Gasteiger partial charge is 0.352 e. The predicted molar refractivity (Wildman–Crippen MR) is 58.7 cm³/mol. The number of hydrogen-bond donors (Lipinski definition) is 1. The maximum Gasteiger partial charge on any atom is 0.217 e. The average molecular weight is 205 g/mol. The Morgan fingerprint density at radius 1 is 1.27 bits per heavy atom. The summed E-state index contributed by atoms with van der Waals surface area (Å²) in [4.78, 5) is 21.9. The zero-order valence-electron chi connectivity index (χ0n) is 9.26. The van der Waals surface area contributed by atoms with Crippen LogP contribution in [0, 0.1) is 6.92 Å². The van der Waals surface area contributed by atoms with Crippen LogP contribution >= 0.6 is 0 Å². The molecule has 80 valence electrons. The molecule has 0 aromatic heterocycles. The van der Waals surface area contributed by atoms with Crippen LogP contribution in [-0.2, 0) is 11.3 Å². The molecule has 0 aliphatic heterocycles. The molecule has 0 radical (unpaired) electrons. The highest BCUT2D eigenvalue weighted by Gasteiger charge is 2.04. The number of benzene rings is 1. The molecule has 0 spiro atoms. The SMILES string of the molecule is CC(=O)NCc1cc(C(C)=O)ccc1C. The van der Waals surface area contributed by atoms with Crippen molar-refractivity contribution >= 4 is 11.7 Å². The number of ketones is 1. The minimum Gasteiger partial charge on any atom is -0.352 e. The smallest absolute Gasteiger partial charge is 0.217 e. The molecule has 0 bridgehead atoms. The van der Waals surface area contributed by atoms with Crippen molar-refractivity contribution in [1.29, 1.82) is 0 Å². The predicted octanol–water partition coefficient (Wildman–Crippen LogP) is 1.83. The number of amides is 1. The summed E-state index contributed by atoms with van der Waals surface area (Å²) in [5.74, 6) is -0.0262. The van der Waals surface area contributed by atoms with Gasteiger partial charge in [0.1, 0.15) is 0 Å². The summed E-state index contributed by atoms with van der Waals surface area (Å²) in [5.41, 5.74) is 2.74. The highest BCUT2D eigenvalue weighted by molar-refractivity contribution is 5.94. The molecule has 0 saturated heterocycles. The van der Waals surface area contributed by atoms with Crippen molar-refractivity contribution in [2.24, 2.45) is 0 Å². The molecule has 1 N–H and O–H groups in total. The molecule has 3 heteroatoms. The van der Waals surface area contributed by atoms with Gasteiger partial charge in [0.15, 0.2) is 5.78 Å². The molecule has 1 amide bonds. The van der Waals surface area contributed by atoms with Gasteiger partial charge in [0, 0.05) is 19.0 Å². The normalized spacial score (nSPS) is 9.80.